The van der Waals surface area contributed by atoms with Gasteiger partial charge in [-0.3, -0.25) is 0 Å². The first-order chi connectivity index (χ1) is 7.68. The van der Waals surface area contributed by atoms with Crippen LogP contribution in [0.4, 0.5) is 0 Å². The fraction of sp³-hybridized carbons (Fsp3) is 0.250. The summed E-state index contributed by atoms with van der Waals surface area (Å²) in [6, 6.07) is 5.85. The van der Waals surface area contributed by atoms with Crippen molar-refractivity contribution in [3.63, 3.8) is 0 Å². The monoisotopic (exact) mass is 234 g/mol. The summed E-state index contributed by atoms with van der Waals surface area (Å²) in [4.78, 5) is 5.44. The second-order valence-electron chi connectivity index (χ2n) is 3.63. The Morgan fingerprint density at radius 3 is 2.88 bits per heavy atom. The Morgan fingerprint density at radius 1 is 1.44 bits per heavy atom. The number of aryl methyl sites for hydroxylation is 1. The first-order valence-electron chi connectivity index (χ1n) is 5.11. The second kappa shape index (κ2) is 4.72. The molecule has 3 nitrogen and oxygen atoms in total. The van der Waals surface area contributed by atoms with E-state index in [-0.39, 0.29) is 6.04 Å². The van der Waals surface area contributed by atoms with Gasteiger partial charge in [0.05, 0.1) is 11.2 Å². The van der Waals surface area contributed by atoms with Gasteiger partial charge in [0.25, 0.3) is 0 Å². The molecule has 0 saturated heterocycles. The SMILES string of the molecule is Cc1occc1Sc1ncccc1[C@@H](C)N. The summed E-state index contributed by atoms with van der Waals surface area (Å²) in [7, 11) is 0. The van der Waals surface area contributed by atoms with E-state index in [4.69, 9.17) is 10.2 Å². The van der Waals surface area contributed by atoms with Gasteiger partial charge in [-0.25, -0.2) is 4.98 Å². The topological polar surface area (TPSA) is 52.0 Å². The van der Waals surface area contributed by atoms with Gasteiger partial charge in [-0.15, -0.1) is 0 Å². The molecule has 0 bridgehead atoms. The molecule has 0 aliphatic heterocycles. The zero-order valence-corrected chi connectivity index (χ0v) is 10.1. The van der Waals surface area contributed by atoms with E-state index >= 15 is 0 Å². The van der Waals surface area contributed by atoms with Crippen molar-refractivity contribution in [3.8, 4) is 0 Å². The van der Waals surface area contributed by atoms with Crippen LogP contribution in [0.25, 0.3) is 0 Å². The minimum absolute atomic E-state index is 0.0107. The summed E-state index contributed by atoms with van der Waals surface area (Å²) in [5, 5.41) is 0.946. The summed E-state index contributed by atoms with van der Waals surface area (Å²) in [5.74, 6) is 0.909. The van der Waals surface area contributed by atoms with Gasteiger partial charge in [0, 0.05) is 17.8 Å². The van der Waals surface area contributed by atoms with Crippen molar-refractivity contribution in [1.29, 1.82) is 0 Å². The highest BCUT2D eigenvalue weighted by atomic mass is 32.2. The van der Waals surface area contributed by atoms with Gasteiger partial charge in [0.2, 0.25) is 0 Å². The molecule has 0 aromatic carbocycles. The Labute approximate surface area is 99.1 Å². The average molecular weight is 234 g/mol. The second-order valence-corrected chi connectivity index (χ2v) is 4.66. The maximum absolute atomic E-state index is 5.90. The highest BCUT2D eigenvalue weighted by Crippen LogP contribution is 2.33. The molecular weight excluding hydrogens is 220 g/mol. The number of pyridine rings is 1. The number of hydrogen-bond donors (Lipinski definition) is 1. The van der Waals surface area contributed by atoms with Gasteiger partial charge < -0.3 is 10.2 Å². The molecule has 0 saturated carbocycles. The summed E-state index contributed by atoms with van der Waals surface area (Å²) in [6.45, 7) is 3.90. The first kappa shape index (κ1) is 11.2. The number of furan rings is 1. The molecule has 4 heteroatoms. The van der Waals surface area contributed by atoms with E-state index in [1.807, 2.05) is 32.0 Å². The predicted molar refractivity (Wildman–Crippen MR) is 64.4 cm³/mol. The summed E-state index contributed by atoms with van der Waals surface area (Å²) in [5.41, 5.74) is 6.97. The molecular formula is C12H14N2OS. The van der Waals surface area contributed by atoms with Crippen LogP contribution >= 0.6 is 11.8 Å². The Kier molecular flexibility index (Phi) is 3.31. The number of nitrogens with zero attached hydrogens (tertiary/aromatic N) is 1. The smallest absolute Gasteiger partial charge is 0.114 e. The van der Waals surface area contributed by atoms with Crippen LogP contribution in [0.15, 0.2) is 45.0 Å². The molecule has 1 atom stereocenters. The van der Waals surface area contributed by atoms with Gasteiger partial charge >= 0.3 is 0 Å². The molecule has 2 N–H and O–H groups in total. The van der Waals surface area contributed by atoms with Crippen LogP contribution in [0.1, 0.15) is 24.3 Å². The molecule has 0 fully saturated rings. The van der Waals surface area contributed by atoms with E-state index in [0.29, 0.717) is 0 Å². The third kappa shape index (κ3) is 2.28. The Hall–Kier alpha value is -1.26. The standard InChI is InChI=1S/C12H14N2OS/c1-8(13)10-4-3-6-14-12(10)16-11-5-7-15-9(11)2/h3-8H,13H2,1-2H3/t8-/m1/s1. The molecule has 0 spiro atoms. The third-order valence-electron chi connectivity index (χ3n) is 2.31. The maximum atomic E-state index is 5.90. The molecule has 2 aromatic rings. The zero-order chi connectivity index (χ0) is 11.5. The van der Waals surface area contributed by atoms with E-state index in [1.54, 1.807) is 24.2 Å². The predicted octanol–water partition coefficient (Wildman–Crippen LogP) is 3.15. The Balaban J connectivity index is 2.31. The number of rotatable bonds is 3. The largest absolute Gasteiger partial charge is 0.468 e. The number of aromatic nitrogens is 1. The first-order valence-corrected chi connectivity index (χ1v) is 5.92. The summed E-state index contributed by atoms with van der Waals surface area (Å²) in [6.07, 6.45) is 3.47. The quantitative estimate of drug-likeness (QED) is 0.886. The lowest BCUT2D eigenvalue weighted by Crippen LogP contribution is -2.07. The molecule has 16 heavy (non-hydrogen) atoms. The van der Waals surface area contributed by atoms with Crippen LogP contribution in [0.2, 0.25) is 0 Å². The van der Waals surface area contributed by atoms with Crippen molar-refractivity contribution in [2.75, 3.05) is 0 Å². The van der Waals surface area contributed by atoms with E-state index in [0.717, 1.165) is 21.2 Å². The van der Waals surface area contributed by atoms with Crippen molar-refractivity contribution < 1.29 is 4.42 Å². The molecule has 0 aliphatic rings. The highest BCUT2D eigenvalue weighted by Gasteiger charge is 2.11. The van der Waals surface area contributed by atoms with Crippen molar-refractivity contribution in [1.82, 2.24) is 4.98 Å². The van der Waals surface area contributed by atoms with Crippen LogP contribution in [0, 0.1) is 6.92 Å². The minimum Gasteiger partial charge on any atom is -0.468 e. The normalized spacial score (nSPS) is 12.7. The van der Waals surface area contributed by atoms with Crippen molar-refractivity contribution >= 4 is 11.8 Å². The van der Waals surface area contributed by atoms with Gasteiger partial charge in [0.1, 0.15) is 10.8 Å². The number of hydrogen-bond acceptors (Lipinski definition) is 4. The van der Waals surface area contributed by atoms with Crippen LogP contribution < -0.4 is 5.73 Å². The highest BCUT2D eigenvalue weighted by molar-refractivity contribution is 7.99. The van der Waals surface area contributed by atoms with E-state index in [2.05, 4.69) is 4.98 Å². The molecule has 2 heterocycles. The van der Waals surface area contributed by atoms with Crippen LogP contribution in [-0.2, 0) is 0 Å². The molecule has 0 amide bonds. The van der Waals surface area contributed by atoms with E-state index in [9.17, 15) is 0 Å². The zero-order valence-electron chi connectivity index (χ0n) is 9.31. The number of nitrogens with two attached hydrogens (primary N) is 1. The van der Waals surface area contributed by atoms with Crippen LogP contribution in [-0.4, -0.2) is 4.98 Å². The molecule has 84 valence electrons. The van der Waals surface area contributed by atoms with E-state index in [1.165, 1.54) is 0 Å². The van der Waals surface area contributed by atoms with Gasteiger partial charge in [-0.2, -0.15) is 0 Å². The fourth-order valence-electron chi connectivity index (χ4n) is 1.42. The van der Waals surface area contributed by atoms with Crippen molar-refractivity contribution in [2.45, 2.75) is 29.8 Å². The average Bonchev–Trinajstić information content (AvgIpc) is 2.65. The van der Waals surface area contributed by atoms with Crippen LogP contribution in [0.5, 0.6) is 0 Å². The lowest BCUT2D eigenvalue weighted by Gasteiger charge is -2.10. The Morgan fingerprint density at radius 2 is 2.25 bits per heavy atom. The molecule has 2 rings (SSSR count). The van der Waals surface area contributed by atoms with E-state index < -0.39 is 0 Å². The summed E-state index contributed by atoms with van der Waals surface area (Å²) >= 11 is 1.59. The molecule has 2 aromatic heterocycles. The van der Waals surface area contributed by atoms with Gasteiger partial charge in [-0.05, 0) is 26.0 Å². The molecule has 0 unspecified atom stereocenters. The van der Waals surface area contributed by atoms with Crippen LogP contribution in [0.3, 0.4) is 0 Å². The third-order valence-corrected chi connectivity index (χ3v) is 3.49. The summed E-state index contributed by atoms with van der Waals surface area (Å²) < 4.78 is 5.26. The van der Waals surface area contributed by atoms with Crippen molar-refractivity contribution in [2.24, 2.45) is 5.73 Å². The lowest BCUT2D eigenvalue weighted by atomic mass is 10.2. The maximum Gasteiger partial charge on any atom is 0.114 e. The Bertz CT molecular complexity index is 479. The van der Waals surface area contributed by atoms with Crippen molar-refractivity contribution in [3.05, 3.63) is 42.0 Å². The molecule has 0 radical (unpaired) electrons. The minimum atomic E-state index is -0.0107. The van der Waals surface area contributed by atoms with Gasteiger partial charge in [0.15, 0.2) is 0 Å². The lowest BCUT2D eigenvalue weighted by molar-refractivity contribution is 0.527. The fourth-order valence-corrected chi connectivity index (χ4v) is 2.43. The molecule has 0 aliphatic carbocycles. The van der Waals surface area contributed by atoms with Gasteiger partial charge in [-0.1, -0.05) is 17.8 Å².